The summed E-state index contributed by atoms with van der Waals surface area (Å²) in [7, 11) is 0. The Bertz CT molecular complexity index is 860. The minimum absolute atomic E-state index is 0.136. The van der Waals surface area contributed by atoms with Crippen LogP contribution in [0.2, 0.25) is 0 Å². The van der Waals surface area contributed by atoms with E-state index in [1.54, 1.807) is 6.07 Å². The van der Waals surface area contributed by atoms with Crippen LogP contribution in [0.3, 0.4) is 0 Å². The average molecular weight is 297 g/mol. The first-order valence-electron chi connectivity index (χ1n) is 6.85. The van der Waals surface area contributed by atoms with E-state index in [2.05, 4.69) is 6.07 Å². The topological polar surface area (TPSA) is 39.1 Å². The highest BCUT2D eigenvalue weighted by molar-refractivity contribution is 7.14. The van der Waals surface area contributed by atoms with Crippen LogP contribution in [0.5, 0.6) is 0 Å². The summed E-state index contributed by atoms with van der Waals surface area (Å²) >= 11 is 1.22. The Kier molecular flexibility index (Phi) is 3.71. The maximum atomic E-state index is 12.3. The second kappa shape index (κ2) is 5.66. The zero-order chi connectivity index (χ0) is 14.8. The number of carbonyl (C=O) groups excluding carboxylic acids is 1. The fourth-order valence-electron chi connectivity index (χ4n) is 2.36. The van der Waals surface area contributed by atoms with Crippen LogP contribution < -0.4 is 5.56 Å². The minimum Gasteiger partial charge on any atom is -0.273 e. The van der Waals surface area contributed by atoms with Gasteiger partial charge in [0.05, 0.1) is 10.1 Å². The molecule has 0 aliphatic rings. The highest BCUT2D eigenvalue weighted by Gasteiger charge is 2.13. The summed E-state index contributed by atoms with van der Waals surface area (Å²) in [6, 6.07) is 15.4. The lowest BCUT2D eigenvalue weighted by Crippen LogP contribution is -2.21. The Balaban J connectivity index is 1.81. The summed E-state index contributed by atoms with van der Waals surface area (Å²) < 4.78 is 2.13. The Labute approximate surface area is 126 Å². The Hall–Kier alpha value is -2.20. The normalized spacial score (nSPS) is 10.9. The van der Waals surface area contributed by atoms with Crippen LogP contribution in [0, 0.1) is 6.92 Å². The summed E-state index contributed by atoms with van der Waals surface area (Å²) in [5, 5.41) is 0.617. The van der Waals surface area contributed by atoms with Crippen LogP contribution in [-0.4, -0.2) is 9.86 Å². The molecule has 1 aromatic heterocycles. The van der Waals surface area contributed by atoms with Crippen molar-refractivity contribution in [3.8, 4) is 0 Å². The highest BCUT2D eigenvalue weighted by atomic mass is 32.1. The van der Waals surface area contributed by atoms with E-state index < -0.39 is 0 Å². The molecule has 0 radical (unpaired) electrons. The molecule has 106 valence electrons. The number of carbonyl (C=O) groups is 1. The highest BCUT2D eigenvalue weighted by Crippen LogP contribution is 2.16. The first-order valence-corrected chi connectivity index (χ1v) is 7.62. The maximum absolute atomic E-state index is 12.3. The fourth-order valence-corrected chi connectivity index (χ4v) is 3.32. The first-order chi connectivity index (χ1) is 10.1. The minimum atomic E-state index is -0.204. The van der Waals surface area contributed by atoms with Crippen molar-refractivity contribution < 1.29 is 4.79 Å². The third kappa shape index (κ3) is 2.81. The van der Waals surface area contributed by atoms with Crippen molar-refractivity contribution >= 4 is 27.5 Å². The standard InChI is InChI=1S/C17H15NO2S/c1-12-5-4-6-13(11-12)9-10-16(19)18-17(20)14-7-2-3-8-15(14)21-18/h2-8,11H,9-10H2,1H3. The van der Waals surface area contributed by atoms with Crippen molar-refractivity contribution in [3.63, 3.8) is 0 Å². The molecular weight excluding hydrogens is 282 g/mol. The number of aromatic nitrogens is 1. The average Bonchev–Trinajstić information content (AvgIpc) is 2.83. The molecule has 0 atom stereocenters. The van der Waals surface area contributed by atoms with E-state index >= 15 is 0 Å². The molecule has 0 fully saturated rings. The molecule has 0 saturated heterocycles. The molecule has 21 heavy (non-hydrogen) atoms. The predicted octanol–water partition coefficient (Wildman–Crippen LogP) is 3.64. The molecular formula is C17H15NO2S. The van der Waals surface area contributed by atoms with Crippen molar-refractivity contribution in [1.82, 2.24) is 3.96 Å². The molecule has 0 N–H and O–H groups in total. The van der Waals surface area contributed by atoms with Crippen LogP contribution in [0.25, 0.3) is 10.1 Å². The largest absolute Gasteiger partial charge is 0.275 e. The zero-order valence-corrected chi connectivity index (χ0v) is 12.5. The van der Waals surface area contributed by atoms with Crippen LogP contribution >= 0.6 is 11.5 Å². The molecule has 0 bridgehead atoms. The van der Waals surface area contributed by atoms with Gasteiger partial charge in [-0.15, -0.1) is 0 Å². The third-order valence-corrected chi connectivity index (χ3v) is 4.53. The number of hydrogen-bond donors (Lipinski definition) is 0. The summed E-state index contributed by atoms with van der Waals surface area (Å²) in [4.78, 5) is 24.5. The van der Waals surface area contributed by atoms with Crippen molar-refractivity contribution in [2.24, 2.45) is 0 Å². The third-order valence-electron chi connectivity index (χ3n) is 3.43. The molecule has 3 rings (SSSR count). The van der Waals surface area contributed by atoms with Gasteiger partial charge in [-0.05, 0) is 42.6 Å². The molecule has 1 heterocycles. The summed E-state index contributed by atoms with van der Waals surface area (Å²) in [5.41, 5.74) is 2.10. The van der Waals surface area contributed by atoms with Gasteiger partial charge in [0, 0.05) is 6.42 Å². The molecule has 3 aromatic rings. The summed E-state index contributed by atoms with van der Waals surface area (Å²) in [5.74, 6) is -0.136. The van der Waals surface area contributed by atoms with Crippen LogP contribution in [0.4, 0.5) is 0 Å². The molecule has 0 unspecified atom stereocenters. The molecule has 2 aromatic carbocycles. The first kappa shape index (κ1) is 13.8. The van der Waals surface area contributed by atoms with Gasteiger partial charge in [0.1, 0.15) is 0 Å². The van der Waals surface area contributed by atoms with E-state index in [9.17, 15) is 9.59 Å². The number of nitrogens with zero attached hydrogens (tertiary/aromatic N) is 1. The van der Waals surface area contributed by atoms with E-state index in [0.29, 0.717) is 18.2 Å². The fraction of sp³-hybridized carbons (Fsp3) is 0.176. The lowest BCUT2D eigenvalue weighted by molar-refractivity contribution is 0.0912. The van der Waals surface area contributed by atoms with Crippen molar-refractivity contribution in [1.29, 1.82) is 0 Å². The van der Waals surface area contributed by atoms with Crippen molar-refractivity contribution in [3.05, 3.63) is 70.0 Å². The molecule has 0 aliphatic heterocycles. The van der Waals surface area contributed by atoms with Gasteiger partial charge in [-0.25, -0.2) is 0 Å². The molecule has 0 saturated carbocycles. The lowest BCUT2D eigenvalue weighted by Gasteiger charge is -2.02. The van der Waals surface area contributed by atoms with Gasteiger partial charge >= 0.3 is 0 Å². The maximum Gasteiger partial charge on any atom is 0.275 e. The van der Waals surface area contributed by atoms with Gasteiger partial charge in [0.15, 0.2) is 0 Å². The number of aryl methyl sites for hydroxylation is 2. The smallest absolute Gasteiger partial charge is 0.273 e. The second-order valence-electron chi connectivity index (χ2n) is 5.07. The van der Waals surface area contributed by atoms with Crippen LogP contribution in [0.1, 0.15) is 22.3 Å². The Morgan fingerprint density at radius 2 is 1.95 bits per heavy atom. The molecule has 4 heteroatoms. The SMILES string of the molecule is Cc1cccc(CCC(=O)n2sc3ccccc3c2=O)c1. The summed E-state index contributed by atoms with van der Waals surface area (Å²) in [6.07, 6.45) is 0.997. The zero-order valence-electron chi connectivity index (χ0n) is 11.7. The van der Waals surface area contributed by atoms with E-state index in [1.165, 1.54) is 21.1 Å². The van der Waals surface area contributed by atoms with Gasteiger partial charge in [-0.3, -0.25) is 9.59 Å². The van der Waals surface area contributed by atoms with Crippen molar-refractivity contribution in [2.75, 3.05) is 0 Å². The molecule has 0 amide bonds. The molecule has 3 nitrogen and oxygen atoms in total. The van der Waals surface area contributed by atoms with Crippen LogP contribution in [0.15, 0.2) is 53.3 Å². The quantitative estimate of drug-likeness (QED) is 0.740. The van der Waals surface area contributed by atoms with Crippen LogP contribution in [-0.2, 0) is 6.42 Å². The van der Waals surface area contributed by atoms with Gasteiger partial charge in [-0.1, -0.05) is 42.0 Å². The number of fused-ring (bicyclic) bond motifs is 1. The van der Waals surface area contributed by atoms with E-state index in [-0.39, 0.29) is 11.5 Å². The number of rotatable bonds is 3. The van der Waals surface area contributed by atoms with Gasteiger partial charge in [0.25, 0.3) is 5.56 Å². The van der Waals surface area contributed by atoms with Gasteiger partial charge < -0.3 is 0 Å². The monoisotopic (exact) mass is 297 g/mol. The number of benzene rings is 2. The predicted molar refractivity (Wildman–Crippen MR) is 86.2 cm³/mol. The number of hydrogen-bond acceptors (Lipinski definition) is 3. The Morgan fingerprint density at radius 1 is 1.14 bits per heavy atom. The van der Waals surface area contributed by atoms with Crippen molar-refractivity contribution in [2.45, 2.75) is 19.8 Å². The second-order valence-corrected chi connectivity index (χ2v) is 6.06. The van der Waals surface area contributed by atoms with Gasteiger partial charge in [-0.2, -0.15) is 3.96 Å². The molecule has 0 aliphatic carbocycles. The molecule has 0 spiro atoms. The van der Waals surface area contributed by atoms with Gasteiger partial charge in [0.2, 0.25) is 5.91 Å². The lowest BCUT2D eigenvalue weighted by atomic mass is 10.1. The summed E-state index contributed by atoms with van der Waals surface area (Å²) in [6.45, 7) is 2.03. The van der Waals surface area contributed by atoms with E-state index in [0.717, 1.165) is 10.3 Å². The van der Waals surface area contributed by atoms with E-state index in [1.807, 2.05) is 43.3 Å². The van der Waals surface area contributed by atoms with E-state index in [4.69, 9.17) is 0 Å². The Morgan fingerprint density at radius 3 is 2.71 bits per heavy atom.